The van der Waals surface area contributed by atoms with Crippen molar-refractivity contribution in [1.82, 2.24) is 5.32 Å². The van der Waals surface area contributed by atoms with Gasteiger partial charge in [-0.2, -0.15) is 0 Å². The van der Waals surface area contributed by atoms with E-state index >= 15 is 0 Å². The molecule has 2 aromatic rings. The number of halogens is 1. The molecule has 8 heteroatoms. The molecule has 2 aromatic carbocycles. The number of amides is 1. The Kier molecular flexibility index (Phi) is 5.93. The van der Waals surface area contributed by atoms with Crippen LogP contribution in [0.3, 0.4) is 0 Å². The van der Waals surface area contributed by atoms with Crippen molar-refractivity contribution in [2.75, 3.05) is 11.9 Å². The topological polar surface area (TPSA) is 87.7 Å². The van der Waals surface area contributed by atoms with Gasteiger partial charge in [-0.25, -0.2) is 4.79 Å². The van der Waals surface area contributed by atoms with Crippen LogP contribution in [0, 0.1) is 6.92 Å². The second kappa shape index (κ2) is 8.37. The maximum absolute atomic E-state index is 12.2. The Bertz CT molecular complexity index is 899. The van der Waals surface area contributed by atoms with Crippen molar-refractivity contribution in [1.29, 1.82) is 0 Å². The van der Waals surface area contributed by atoms with Crippen LogP contribution >= 0.6 is 23.4 Å². The first-order valence-electron chi connectivity index (χ1n) is 8.07. The van der Waals surface area contributed by atoms with Crippen LogP contribution in [0.25, 0.3) is 6.08 Å². The Morgan fingerprint density at radius 1 is 1.33 bits per heavy atom. The van der Waals surface area contributed by atoms with E-state index in [0.717, 1.165) is 16.8 Å². The van der Waals surface area contributed by atoms with Crippen molar-refractivity contribution in [2.24, 2.45) is 0 Å². The SMILES string of the molecule is Cc1ccc(Cl)cc1NC1NC(=O)/C(=C/c2ccc(OCC(=O)O)cc2)S1. The Balaban J connectivity index is 1.66. The molecule has 0 aliphatic carbocycles. The Labute approximate surface area is 165 Å². The lowest BCUT2D eigenvalue weighted by atomic mass is 10.2. The van der Waals surface area contributed by atoms with Gasteiger partial charge in [-0.05, 0) is 48.4 Å². The molecule has 1 atom stereocenters. The molecule has 27 heavy (non-hydrogen) atoms. The van der Waals surface area contributed by atoms with Gasteiger partial charge in [0.05, 0.1) is 4.91 Å². The van der Waals surface area contributed by atoms with Crippen LogP contribution in [0.5, 0.6) is 5.75 Å². The minimum absolute atomic E-state index is 0.164. The zero-order valence-electron chi connectivity index (χ0n) is 14.4. The molecule has 1 aliphatic heterocycles. The maximum atomic E-state index is 12.2. The van der Waals surface area contributed by atoms with Crippen molar-refractivity contribution in [3.05, 3.63) is 63.5 Å². The molecule has 0 saturated carbocycles. The summed E-state index contributed by atoms with van der Waals surface area (Å²) in [6.45, 7) is 1.57. The van der Waals surface area contributed by atoms with Crippen LogP contribution in [-0.2, 0) is 9.59 Å². The van der Waals surface area contributed by atoms with Gasteiger partial charge in [0, 0.05) is 10.7 Å². The summed E-state index contributed by atoms with van der Waals surface area (Å²) in [6.07, 6.45) is 1.77. The number of rotatable bonds is 6. The fourth-order valence-corrected chi connectivity index (χ4v) is 3.56. The van der Waals surface area contributed by atoms with E-state index in [4.69, 9.17) is 21.4 Å². The number of carboxylic acid groups (broad SMARTS) is 1. The number of carboxylic acids is 1. The van der Waals surface area contributed by atoms with E-state index in [9.17, 15) is 9.59 Å². The van der Waals surface area contributed by atoms with E-state index in [1.807, 2.05) is 25.1 Å². The van der Waals surface area contributed by atoms with E-state index in [-0.39, 0.29) is 11.4 Å². The molecule has 1 fully saturated rings. The van der Waals surface area contributed by atoms with Gasteiger partial charge in [0.15, 0.2) is 12.1 Å². The predicted octanol–water partition coefficient (Wildman–Crippen LogP) is 3.71. The zero-order valence-corrected chi connectivity index (χ0v) is 15.9. The fourth-order valence-electron chi connectivity index (χ4n) is 2.41. The number of nitrogens with one attached hydrogen (secondary N) is 2. The van der Waals surface area contributed by atoms with E-state index < -0.39 is 12.6 Å². The van der Waals surface area contributed by atoms with Crippen molar-refractivity contribution < 1.29 is 19.4 Å². The molecule has 0 aromatic heterocycles. The van der Waals surface area contributed by atoms with E-state index in [2.05, 4.69) is 10.6 Å². The van der Waals surface area contributed by atoms with E-state index in [1.54, 1.807) is 30.3 Å². The van der Waals surface area contributed by atoms with E-state index in [1.165, 1.54) is 11.8 Å². The van der Waals surface area contributed by atoms with Gasteiger partial charge in [0.1, 0.15) is 5.75 Å². The van der Waals surface area contributed by atoms with Crippen molar-refractivity contribution >= 4 is 47.0 Å². The summed E-state index contributed by atoms with van der Waals surface area (Å²) in [7, 11) is 0. The summed E-state index contributed by atoms with van der Waals surface area (Å²) in [4.78, 5) is 23.3. The number of aryl methyl sites for hydroxylation is 1. The molecule has 6 nitrogen and oxygen atoms in total. The molecule has 1 saturated heterocycles. The maximum Gasteiger partial charge on any atom is 0.341 e. The third kappa shape index (κ3) is 5.18. The van der Waals surface area contributed by atoms with Crippen LogP contribution in [-0.4, -0.2) is 29.1 Å². The van der Waals surface area contributed by atoms with Crippen molar-refractivity contribution in [2.45, 2.75) is 12.4 Å². The predicted molar refractivity (Wildman–Crippen MR) is 107 cm³/mol. The van der Waals surface area contributed by atoms with Gasteiger partial charge in [0.2, 0.25) is 0 Å². The second-order valence-electron chi connectivity index (χ2n) is 5.83. The molecule has 1 heterocycles. The molecule has 1 amide bonds. The number of anilines is 1. The van der Waals surface area contributed by atoms with Gasteiger partial charge >= 0.3 is 5.97 Å². The summed E-state index contributed by atoms with van der Waals surface area (Å²) in [5.74, 6) is -0.740. The Morgan fingerprint density at radius 3 is 2.78 bits per heavy atom. The molecular weight excluding hydrogens is 388 g/mol. The molecule has 3 N–H and O–H groups in total. The van der Waals surface area contributed by atoms with Crippen molar-refractivity contribution in [3.63, 3.8) is 0 Å². The molecule has 1 aliphatic rings. The van der Waals surface area contributed by atoms with Crippen LogP contribution in [0.4, 0.5) is 5.69 Å². The standard InChI is InChI=1S/C19H17ClN2O4S/c1-11-2-5-13(20)9-15(11)21-19-22-18(25)16(27-19)8-12-3-6-14(7-4-12)26-10-17(23)24/h2-9,19,21H,10H2,1H3,(H,22,25)(H,23,24)/b16-8-. The average Bonchev–Trinajstić information content (AvgIpc) is 2.96. The van der Waals surface area contributed by atoms with E-state index in [0.29, 0.717) is 15.7 Å². The highest BCUT2D eigenvalue weighted by molar-refractivity contribution is 8.05. The molecule has 1 unspecified atom stereocenters. The number of benzene rings is 2. The Morgan fingerprint density at radius 2 is 2.07 bits per heavy atom. The van der Waals surface area contributed by atoms with Crippen molar-refractivity contribution in [3.8, 4) is 5.75 Å². The first-order valence-corrected chi connectivity index (χ1v) is 9.33. The minimum atomic E-state index is -1.03. The first-order chi connectivity index (χ1) is 12.9. The highest BCUT2D eigenvalue weighted by atomic mass is 35.5. The average molecular weight is 405 g/mol. The lowest BCUT2D eigenvalue weighted by Crippen LogP contribution is -2.31. The number of carbonyl (C=O) groups excluding carboxylic acids is 1. The quantitative estimate of drug-likeness (QED) is 0.636. The molecular formula is C19H17ClN2O4S. The molecule has 0 bridgehead atoms. The number of hydrogen-bond donors (Lipinski definition) is 3. The molecule has 3 rings (SSSR count). The number of ether oxygens (including phenoxy) is 1. The van der Waals surface area contributed by atoms with Gasteiger partial charge in [0.25, 0.3) is 5.91 Å². The zero-order chi connectivity index (χ0) is 19.4. The smallest absolute Gasteiger partial charge is 0.341 e. The third-order valence-corrected chi connectivity index (χ3v) is 5.02. The van der Waals surface area contributed by atoms with Gasteiger partial charge < -0.3 is 20.5 Å². The Hall–Kier alpha value is -2.64. The minimum Gasteiger partial charge on any atom is -0.482 e. The van der Waals surface area contributed by atoms with Gasteiger partial charge in [-0.3, -0.25) is 4.79 Å². The van der Waals surface area contributed by atoms with Crippen LogP contribution in [0.15, 0.2) is 47.4 Å². The first kappa shape index (κ1) is 19.1. The lowest BCUT2D eigenvalue weighted by molar-refractivity contribution is -0.139. The monoisotopic (exact) mass is 404 g/mol. The van der Waals surface area contributed by atoms with Gasteiger partial charge in [-0.15, -0.1) is 0 Å². The van der Waals surface area contributed by atoms with Crippen LogP contribution < -0.4 is 15.4 Å². The molecule has 0 spiro atoms. The van der Waals surface area contributed by atoms with Crippen LogP contribution in [0.2, 0.25) is 5.02 Å². The summed E-state index contributed by atoms with van der Waals surface area (Å²) in [5.41, 5.74) is 2.42. The number of aliphatic carboxylic acids is 1. The summed E-state index contributed by atoms with van der Waals surface area (Å²) >= 11 is 7.41. The molecule has 0 radical (unpaired) electrons. The normalized spacial score (nSPS) is 17.6. The number of carbonyl (C=O) groups is 2. The summed E-state index contributed by atoms with van der Waals surface area (Å²) < 4.78 is 5.09. The summed E-state index contributed by atoms with van der Waals surface area (Å²) in [6, 6.07) is 12.4. The second-order valence-corrected chi connectivity index (χ2v) is 7.42. The fraction of sp³-hybridized carbons (Fsp3) is 0.158. The molecule has 140 valence electrons. The third-order valence-electron chi connectivity index (χ3n) is 3.76. The number of thioether (sulfide) groups is 1. The largest absolute Gasteiger partial charge is 0.482 e. The highest BCUT2D eigenvalue weighted by Crippen LogP contribution is 2.31. The summed E-state index contributed by atoms with van der Waals surface area (Å²) in [5, 5.41) is 15.4. The van der Waals surface area contributed by atoms with Crippen LogP contribution in [0.1, 0.15) is 11.1 Å². The van der Waals surface area contributed by atoms with Gasteiger partial charge in [-0.1, -0.05) is 41.6 Å². The number of hydrogen-bond acceptors (Lipinski definition) is 5. The highest BCUT2D eigenvalue weighted by Gasteiger charge is 2.27. The lowest BCUT2D eigenvalue weighted by Gasteiger charge is -2.15.